The second-order valence-corrected chi connectivity index (χ2v) is 8.13. The Morgan fingerprint density at radius 2 is 1.68 bits per heavy atom. The van der Waals surface area contributed by atoms with Crippen LogP contribution in [0.1, 0.15) is 5.56 Å². The molecule has 0 unspecified atom stereocenters. The topological polar surface area (TPSA) is 59.1 Å². The van der Waals surface area contributed by atoms with E-state index in [0.717, 1.165) is 18.2 Å². The number of halogens is 5. The molecule has 0 spiro atoms. The maximum atomic E-state index is 12.8. The van der Waals surface area contributed by atoms with Gasteiger partial charge in [-0.05, 0) is 36.4 Å². The summed E-state index contributed by atoms with van der Waals surface area (Å²) in [6.07, 6.45) is -3.27. The first-order valence-electron chi connectivity index (χ1n) is 7.68. The lowest BCUT2D eigenvalue weighted by Crippen LogP contribution is -2.15. The summed E-state index contributed by atoms with van der Waals surface area (Å²) >= 11 is 12.1. The number of nitrogens with zero attached hydrogens (tertiary/aromatic N) is 1. The number of rotatable bonds is 4. The molecular formula is C18H11Cl2F3N2O2S. The van der Waals surface area contributed by atoms with Crippen LogP contribution in [0.25, 0.3) is 11.1 Å². The van der Waals surface area contributed by atoms with Crippen LogP contribution in [0, 0.1) is 0 Å². The predicted molar refractivity (Wildman–Crippen MR) is 102 cm³/mol. The van der Waals surface area contributed by atoms with Crippen molar-refractivity contribution in [2.45, 2.75) is 11.1 Å². The Labute approximate surface area is 169 Å². The lowest BCUT2D eigenvalue weighted by Gasteiger charge is -2.11. The molecule has 1 N–H and O–H groups in total. The molecule has 3 aromatic rings. The summed E-state index contributed by atoms with van der Waals surface area (Å²) < 4.78 is 65.3. The number of benzene rings is 2. The van der Waals surface area contributed by atoms with Gasteiger partial charge in [-0.25, -0.2) is 13.4 Å². The summed E-state index contributed by atoms with van der Waals surface area (Å²) in [6, 6.07) is 11.4. The molecule has 1 heterocycles. The molecule has 0 saturated carbocycles. The van der Waals surface area contributed by atoms with E-state index < -0.39 is 26.7 Å². The van der Waals surface area contributed by atoms with Gasteiger partial charge < -0.3 is 0 Å². The van der Waals surface area contributed by atoms with Crippen molar-refractivity contribution in [3.8, 4) is 11.1 Å². The zero-order valence-electron chi connectivity index (χ0n) is 13.8. The van der Waals surface area contributed by atoms with E-state index in [1.165, 1.54) is 12.3 Å². The molecular weight excluding hydrogens is 436 g/mol. The zero-order chi connectivity index (χ0) is 20.5. The molecule has 0 aliphatic rings. The highest BCUT2D eigenvalue weighted by Gasteiger charge is 2.31. The molecule has 146 valence electrons. The van der Waals surface area contributed by atoms with Gasteiger partial charge >= 0.3 is 6.18 Å². The largest absolute Gasteiger partial charge is 0.416 e. The minimum absolute atomic E-state index is 0.0562. The third kappa shape index (κ3) is 4.40. The third-order valence-electron chi connectivity index (χ3n) is 3.74. The normalized spacial score (nSPS) is 12.0. The summed E-state index contributed by atoms with van der Waals surface area (Å²) in [4.78, 5) is 3.47. The Morgan fingerprint density at radius 3 is 2.32 bits per heavy atom. The number of hydrogen-bond acceptors (Lipinski definition) is 3. The molecule has 2 aromatic carbocycles. The van der Waals surface area contributed by atoms with Crippen LogP contribution in [0.4, 0.5) is 19.0 Å². The van der Waals surface area contributed by atoms with Crippen molar-refractivity contribution in [2.75, 3.05) is 4.72 Å². The molecule has 1 aromatic heterocycles. The number of anilines is 1. The van der Waals surface area contributed by atoms with E-state index in [-0.39, 0.29) is 5.82 Å². The van der Waals surface area contributed by atoms with E-state index in [0.29, 0.717) is 27.2 Å². The van der Waals surface area contributed by atoms with Crippen molar-refractivity contribution in [2.24, 2.45) is 0 Å². The van der Waals surface area contributed by atoms with E-state index in [1.54, 1.807) is 24.3 Å². The van der Waals surface area contributed by atoms with Crippen molar-refractivity contribution in [1.82, 2.24) is 4.98 Å². The number of aromatic nitrogens is 1. The van der Waals surface area contributed by atoms with Crippen LogP contribution in [0.15, 0.2) is 65.7 Å². The lowest BCUT2D eigenvalue weighted by molar-refractivity contribution is -0.137. The quantitative estimate of drug-likeness (QED) is 0.544. The molecule has 4 nitrogen and oxygen atoms in total. The second-order valence-electron chi connectivity index (χ2n) is 5.66. The van der Waals surface area contributed by atoms with E-state index in [1.807, 2.05) is 0 Å². The Bertz CT molecular complexity index is 1120. The molecule has 3 rings (SSSR count). The van der Waals surface area contributed by atoms with Gasteiger partial charge in [-0.2, -0.15) is 13.2 Å². The average Bonchev–Trinajstić information content (AvgIpc) is 2.64. The van der Waals surface area contributed by atoms with Gasteiger partial charge in [-0.15, -0.1) is 0 Å². The van der Waals surface area contributed by atoms with Crippen LogP contribution in [0.2, 0.25) is 10.0 Å². The van der Waals surface area contributed by atoms with Gasteiger partial charge in [0, 0.05) is 17.3 Å². The highest BCUT2D eigenvalue weighted by molar-refractivity contribution is 7.92. The Morgan fingerprint density at radius 1 is 0.964 bits per heavy atom. The smallest absolute Gasteiger partial charge is 0.263 e. The number of hydrogen-bond donors (Lipinski definition) is 1. The number of sulfonamides is 1. The van der Waals surface area contributed by atoms with Crippen molar-refractivity contribution in [1.29, 1.82) is 0 Å². The van der Waals surface area contributed by atoms with Crippen LogP contribution >= 0.6 is 23.2 Å². The van der Waals surface area contributed by atoms with Gasteiger partial charge in [0.15, 0.2) is 0 Å². The fourth-order valence-electron chi connectivity index (χ4n) is 2.38. The molecule has 0 saturated heterocycles. The SMILES string of the molecule is O=S(=O)(Nc1ccc(-c2cccc(Cl)c2Cl)cn1)c1cccc(C(F)(F)F)c1. The first kappa shape index (κ1) is 20.4. The summed E-state index contributed by atoms with van der Waals surface area (Å²) in [6.45, 7) is 0. The Kier molecular flexibility index (Phi) is 5.56. The maximum absolute atomic E-state index is 12.8. The van der Waals surface area contributed by atoms with Crippen LogP contribution in [0.5, 0.6) is 0 Å². The molecule has 0 atom stereocenters. The highest BCUT2D eigenvalue weighted by Crippen LogP contribution is 2.34. The summed E-state index contributed by atoms with van der Waals surface area (Å²) in [5, 5.41) is 0.678. The van der Waals surface area contributed by atoms with E-state index in [2.05, 4.69) is 9.71 Å². The van der Waals surface area contributed by atoms with Crippen LogP contribution in [-0.4, -0.2) is 13.4 Å². The van der Waals surface area contributed by atoms with Crippen LogP contribution in [0.3, 0.4) is 0 Å². The third-order valence-corrected chi connectivity index (χ3v) is 5.91. The molecule has 28 heavy (non-hydrogen) atoms. The van der Waals surface area contributed by atoms with Gasteiger partial charge in [-0.1, -0.05) is 41.4 Å². The summed E-state index contributed by atoms with van der Waals surface area (Å²) in [5.74, 6) is -0.0562. The first-order chi connectivity index (χ1) is 13.1. The number of pyridine rings is 1. The van der Waals surface area contributed by atoms with Crippen LogP contribution < -0.4 is 4.72 Å². The van der Waals surface area contributed by atoms with Gasteiger partial charge in [0.25, 0.3) is 10.0 Å². The van der Waals surface area contributed by atoms with Crippen molar-refractivity contribution >= 4 is 39.0 Å². The van der Waals surface area contributed by atoms with Crippen molar-refractivity contribution in [3.05, 3.63) is 76.4 Å². The molecule has 0 bridgehead atoms. The standard InChI is InChI=1S/C18H11Cl2F3N2O2S/c19-15-6-2-5-14(17(15)20)11-7-8-16(24-10-11)25-28(26,27)13-4-1-3-12(9-13)18(21,22)23/h1-10H,(H,24,25). The predicted octanol–water partition coefficient (Wildman–Crippen LogP) is 5.88. The zero-order valence-corrected chi connectivity index (χ0v) is 16.2. The fourth-order valence-corrected chi connectivity index (χ4v) is 3.84. The Hall–Kier alpha value is -2.29. The monoisotopic (exact) mass is 446 g/mol. The Balaban J connectivity index is 1.87. The fraction of sp³-hybridized carbons (Fsp3) is 0.0556. The minimum atomic E-state index is -4.65. The second kappa shape index (κ2) is 7.62. The summed E-state index contributed by atoms with van der Waals surface area (Å²) in [7, 11) is -4.25. The molecule has 0 amide bonds. The first-order valence-corrected chi connectivity index (χ1v) is 9.92. The van der Waals surface area contributed by atoms with E-state index in [4.69, 9.17) is 23.2 Å². The molecule has 0 fully saturated rings. The maximum Gasteiger partial charge on any atom is 0.416 e. The summed E-state index contributed by atoms with van der Waals surface area (Å²) in [5.41, 5.74) is 0.137. The molecule has 0 aliphatic heterocycles. The number of nitrogens with one attached hydrogen (secondary N) is 1. The molecule has 0 aliphatic carbocycles. The highest BCUT2D eigenvalue weighted by atomic mass is 35.5. The average molecular weight is 447 g/mol. The minimum Gasteiger partial charge on any atom is -0.263 e. The molecule has 10 heteroatoms. The van der Waals surface area contributed by atoms with E-state index >= 15 is 0 Å². The number of alkyl halides is 3. The lowest BCUT2D eigenvalue weighted by atomic mass is 10.1. The van der Waals surface area contributed by atoms with Gasteiger partial charge in [-0.3, -0.25) is 4.72 Å². The van der Waals surface area contributed by atoms with Crippen molar-refractivity contribution in [3.63, 3.8) is 0 Å². The van der Waals surface area contributed by atoms with Gasteiger partial charge in [0.05, 0.1) is 20.5 Å². The van der Waals surface area contributed by atoms with Gasteiger partial charge in [0.2, 0.25) is 0 Å². The van der Waals surface area contributed by atoms with Crippen LogP contribution in [-0.2, 0) is 16.2 Å². The van der Waals surface area contributed by atoms with Gasteiger partial charge in [0.1, 0.15) is 5.82 Å². The molecule has 0 radical (unpaired) electrons. The van der Waals surface area contributed by atoms with E-state index in [9.17, 15) is 21.6 Å². The van der Waals surface area contributed by atoms with Crippen molar-refractivity contribution < 1.29 is 21.6 Å².